The van der Waals surface area contributed by atoms with Gasteiger partial charge in [-0.25, -0.2) is 9.78 Å². The molecule has 0 aliphatic carbocycles. The number of fused-ring (bicyclic) bond motifs is 1. The Bertz CT molecular complexity index is 1610. The normalized spacial score (nSPS) is 15.0. The number of nitrogens with zero attached hydrogens (tertiary/aromatic N) is 2. The van der Waals surface area contributed by atoms with E-state index >= 15 is 0 Å². The van der Waals surface area contributed by atoms with E-state index in [1.165, 1.54) is 0 Å². The van der Waals surface area contributed by atoms with E-state index in [1.807, 2.05) is 56.3 Å². The number of carboxylic acids is 1. The molecule has 0 radical (unpaired) electrons. The van der Waals surface area contributed by atoms with Gasteiger partial charge in [0.1, 0.15) is 15.5 Å². The first-order valence-electron chi connectivity index (χ1n) is 15.2. The molecule has 2 aromatic carbocycles. The highest BCUT2D eigenvalue weighted by Crippen LogP contribution is 2.37. The number of hydrogen-bond acceptors (Lipinski definition) is 8. The number of carboxylic acid groups (broad SMARTS) is 1. The van der Waals surface area contributed by atoms with Gasteiger partial charge in [-0.1, -0.05) is 55.8 Å². The minimum atomic E-state index is -1.02. The first-order chi connectivity index (χ1) is 21.1. The lowest BCUT2D eigenvalue weighted by Crippen LogP contribution is -2.44. The molecule has 6 N–H and O–H groups in total. The Kier molecular flexibility index (Phi) is 9.53. The van der Waals surface area contributed by atoms with Gasteiger partial charge in [0, 0.05) is 36.6 Å². The number of piperidine rings is 1. The zero-order valence-corrected chi connectivity index (χ0v) is 26.3. The minimum absolute atomic E-state index is 0.147. The minimum Gasteiger partial charge on any atom is -0.477 e. The van der Waals surface area contributed by atoms with E-state index in [1.54, 1.807) is 12.1 Å². The first kappa shape index (κ1) is 31.4. The number of carbonyl (C=O) groups excluding carboxylic acids is 1. The lowest BCUT2D eigenvalue weighted by Gasteiger charge is -2.34. The van der Waals surface area contributed by atoms with Gasteiger partial charge in [0.25, 0.3) is 5.91 Å². The van der Waals surface area contributed by atoms with Crippen molar-refractivity contribution in [1.29, 1.82) is 0 Å². The topological polar surface area (TPSA) is 141 Å². The van der Waals surface area contributed by atoms with Crippen LogP contribution in [0.2, 0.25) is 0 Å². The molecule has 5 rings (SSSR count). The van der Waals surface area contributed by atoms with Crippen LogP contribution in [-0.2, 0) is 12.0 Å². The van der Waals surface area contributed by atoms with E-state index < -0.39 is 17.6 Å². The summed E-state index contributed by atoms with van der Waals surface area (Å²) >= 11 is 1.14. The van der Waals surface area contributed by atoms with Crippen molar-refractivity contribution in [3.8, 4) is 0 Å². The van der Waals surface area contributed by atoms with Gasteiger partial charge in [-0.15, -0.1) is 11.3 Å². The second kappa shape index (κ2) is 13.3. The molecular formula is C34H41N5O4S. The van der Waals surface area contributed by atoms with Crippen molar-refractivity contribution < 1.29 is 19.8 Å². The number of benzene rings is 2. The van der Waals surface area contributed by atoms with Crippen molar-refractivity contribution in [3.05, 3.63) is 87.8 Å². The molecule has 4 aromatic rings. The fourth-order valence-corrected chi connectivity index (χ4v) is 6.80. The Morgan fingerprint density at radius 2 is 1.80 bits per heavy atom. The summed E-state index contributed by atoms with van der Waals surface area (Å²) < 4.78 is 0. The maximum absolute atomic E-state index is 12.9. The van der Waals surface area contributed by atoms with Gasteiger partial charge in [-0.05, 0) is 68.0 Å². The molecule has 1 unspecified atom stereocenters. The quantitative estimate of drug-likeness (QED) is 0.149. The van der Waals surface area contributed by atoms with Crippen LogP contribution in [0.15, 0.2) is 60.7 Å². The highest BCUT2D eigenvalue weighted by Gasteiger charge is 2.26. The molecule has 0 bridgehead atoms. The second-order valence-corrected chi connectivity index (χ2v) is 13.0. The summed E-state index contributed by atoms with van der Waals surface area (Å²) in [4.78, 5) is 32.5. The van der Waals surface area contributed by atoms with E-state index in [0.29, 0.717) is 22.6 Å². The Labute approximate surface area is 262 Å². The lowest BCUT2D eigenvalue weighted by atomic mass is 9.94. The Morgan fingerprint density at radius 1 is 1.11 bits per heavy atom. The van der Waals surface area contributed by atoms with Crippen LogP contribution < -0.4 is 21.3 Å². The zero-order valence-electron chi connectivity index (χ0n) is 25.5. The molecule has 3 heterocycles. The number of aromatic nitrogens is 1. The van der Waals surface area contributed by atoms with Crippen LogP contribution in [0.1, 0.15) is 82.9 Å². The fourth-order valence-electron chi connectivity index (χ4n) is 5.82. The third-order valence-corrected chi connectivity index (χ3v) is 9.47. The average molecular weight is 616 g/mol. The molecular weight excluding hydrogens is 574 g/mol. The Hall–Kier alpha value is -3.99. The molecule has 1 fully saturated rings. The average Bonchev–Trinajstić information content (AvgIpc) is 3.37. The second-order valence-electron chi connectivity index (χ2n) is 12.0. The number of carbonyl (C=O) groups is 2. The van der Waals surface area contributed by atoms with Crippen molar-refractivity contribution >= 4 is 44.9 Å². The molecule has 1 saturated heterocycles. The number of rotatable bonds is 11. The van der Waals surface area contributed by atoms with Gasteiger partial charge in [0.05, 0.1) is 17.3 Å². The highest BCUT2D eigenvalue weighted by molar-refractivity contribution is 7.21. The number of pyridine rings is 1. The van der Waals surface area contributed by atoms with Gasteiger partial charge < -0.3 is 31.5 Å². The van der Waals surface area contributed by atoms with Crippen molar-refractivity contribution in [1.82, 2.24) is 15.6 Å². The molecule has 1 atom stereocenters. The maximum atomic E-state index is 12.9. The van der Waals surface area contributed by atoms with Crippen LogP contribution in [-0.4, -0.2) is 52.7 Å². The van der Waals surface area contributed by atoms with Crippen molar-refractivity contribution in [3.63, 3.8) is 0 Å². The summed E-state index contributed by atoms with van der Waals surface area (Å²) in [6.45, 7) is 8.06. The fraction of sp³-hybridized carbons (Fsp3) is 0.382. The molecule has 9 nitrogen and oxygen atoms in total. The van der Waals surface area contributed by atoms with Gasteiger partial charge in [0.2, 0.25) is 0 Å². The Balaban J connectivity index is 1.15. The van der Waals surface area contributed by atoms with Crippen LogP contribution in [0.25, 0.3) is 10.2 Å². The van der Waals surface area contributed by atoms with Crippen LogP contribution in [0, 0.1) is 0 Å². The monoisotopic (exact) mass is 615 g/mol. The van der Waals surface area contributed by atoms with Crippen molar-refractivity contribution in [2.24, 2.45) is 0 Å². The number of aryl methyl sites for hydroxylation is 1. The number of amides is 1. The number of hydrogen-bond donors (Lipinski definition) is 5. The standard InChI is InChI=1S/C34H41N5O4S/c1-4-8-23-19-27(37-32-28(23)29(35)30(44-32)33(42)43)39-17-15-25(16-18-39)36-20-26(40)21-11-13-22(14-12-21)31(41)38-34(2,3)24-9-6-5-7-10-24/h5-7,9-14,19,25-26,36,40H,4,8,15-18,20,35H2,1-3H3,(H,38,41)(H,42,43). The van der Waals surface area contributed by atoms with Crippen LogP contribution >= 0.6 is 11.3 Å². The largest absolute Gasteiger partial charge is 0.477 e. The van der Waals surface area contributed by atoms with Crippen LogP contribution in [0.5, 0.6) is 0 Å². The van der Waals surface area contributed by atoms with E-state index in [9.17, 15) is 19.8 Å². The molecule has 232 valence electrons. The lowest BCUT2D eigenvalue weighted by molar-refractivity contribution is 0.0702. The predicted octanol–water partition coefficient (Wildman–Crippen LogP) is 5.49. The molecule has 1 amide bonds. The van der Waals surface area contributed by atoms with Gasteiger partial charge in [0.15, 0.2) is 0 Å². The van der Waals surface area contributed by atoms with Gasteiger partial charge in [-0.3, -0.25) is 4.79 Å². The number of aliphatic hydroxyl groups is 1. The van der Waals surface area contributed by atoms with E-state index in [4.69, 9.17) is 10.7 Å². The predicted molar refractivity (Wildman–Crippen MR) is 177 cm³/mol. The molecule has 44 heavy (non-hydrogen) atoms. The molecule has 0 saturated carbocycles. The smallest absolute Gasteiger partial charge is 0.348 e. The Morgan fingerprint density at radius 3 is 2.43 bits per heavy atom. The molecule has 1 aliphatic rings. The number of nitrogens with one attached hydrogen (secondary N) is 2. The number of nitrogen functional groups attached to an aromatic ring is 1. The summed E-state index contributed by atoms with van der Waals surface area (Å²) in [5.41, 5.74) is 9.37. The third-order valence-electron chi connectivity index (χ3n) is 8.38. The molecule has 10 heteroatoms. The van der Waals surface area contributed by atoms with Gasteiger partial charge >= 0.3 is 5.97 Å². The molecule has 2 aromatic heterocycles. The number of aromatic carboxylic acids is 1. The SMILES string of the molecule is CCCc1cc(N2CCC(NCC(O)c3ccc(C(=O)NC(C)(C)c4ccccc4)cc3)CC2)nc2sc(C(=O)O)c(N)c12. The molecule has 1 aliphatic heterocycles. The van der Waals surface area contributed by atoms with Crippen molar-refractivity contribution in [2.75, 3.05) is 30.3 Å². The van der Waals surface area contributed by atoms with E-state index in [2.05, 4.69) is 28.5 Å². The summed E-state index contributed by atoms with van der Waals surface area (Å²) in [5.74, 6) is -0.327. The van der Waals surface area contributed by atoms with Gasteiger partial charge in [-0.2, -0.15) is 0 Å². The number of thiophene rings is 1. The number of anilines is 2. The third kappa shape index (κ3) is 6.88. The molecule has 0 spiro atoms. The number of aliphatic hydroxyl groups excluding tert-OH is 1. The number of nitrogens with two attached hydrogens (primary N) is 1. The maximum Gasteiger partial charge on any atom is 0.348 e. The highest BCUT2D eigenvalue weighted by atomic mass is 32.1. The summed E-state index contributed by atoms with van der Waals surface area (Å²) in [6.07, 6.45) is 2.81. The van der Waals surface area contributed by atoms with E-state index in [0.717, 1.165) is 78.0 Å². The first-order valence-corrected chi connectivity index (χ1v) is 16.0. The van der Waals surface area contributed by atoms with Crippen molar-refractivity contribution in [2.45, 2.75) is 64.1 Å². The zero-order chi connectivity index (χ0) is 31.4. The summed E-state index contributed by atoms with van der Waals surface area (Å²) in [7, 11) is 0. The van der Waals surface area contributed by atoms with E-state index in [-0.39, 0.29) is 16.8 Å². The summed E-state index contributed by atoms with van der Waals surface area (Å²) in [5, 5.41) is 27.8. The summed E-state index contributed by atoms with van der Waals surface area (Å²) in [6, 6.07) is 19.3. The van der Waals surface area contributed by atoms with Crippen LogP contribution in [0.4, 0.5) is 11.5 Å². The van der Waals surface area contributed by atoms with Crippen LogP contribution in [0.3, 0.4) is 0 Å².